The van der Waals surface area contributed by atoms with E-state index in [1.807, 2.05) is 12.1 Å². The van der Waals surface area contributed by atoms with Crippen LogP contribution in [-0.4, -0.2) is 21.3 Å². The molecular formula is C18H16O5. The molecule has 0 amide bonds. The molecule has 0 saturated heterocycles. The largest absolute Gasteiger partial charge is 0.497 e. The van der Waals surface area contributed by atoms with Crippen molar-refractivity contribution in [1.82, 2.24) is 0 Å². The summed E-state index contributed by atoms with van der Waals surface area (Å²) in [7, 11) is 4.74. The lowest BCUT2D eigenvalue weighted by molar-refractivity contribution is 0.404. The number of fused-ring (bicyclic) bond motifs is 1. The Balaban J connectivity index is 2.42. The Hall–Kier alpha value is -2.95. The molecule has 23 heavy (non-hydrogen) atoms. The predicted molar refractivity (Wildman–Crippen MR) is 87.6 cm³/mol. The maximum absolute atomic E-state index is 12.0. The van der Waals surface area contributed by atoms with Gasteiger partial charge in [0, 0.05) is 17.2 Å². The van der Waals surface area contributed by atoms with E-state index >= 15 is 0 Å². The third kappa shape index (κ3) is 2.61. The number of benzene rings is 2. The zero-order valence-electron chi connectivity index (χ0n) is 13.1. The highest BCUT2D eigenvalue weighted by atomic mass is 16.5. The Labute approximate surface area is 133 Å². The van der Waals surface area contributed by atoms with E-state index in [2.05, 4.69) is 0 Å². The van der Waals surface area contributed by atoms with Gasteiger partial charge in [-0.3, -0.25) is 0 Å². The molecule has 0 aliphatic heterocycles. The van der Waals surface area contributed by atoms with Crippen molar-refractivity contribution in [1.29, 1.82) is 0 Å². The molecule has 3 rings (SSSR count). The normalized spacial score (nSPS) is 10.6. The average Bonchev–Trinajstić information content (AvgIpc) is 2.59. The Kier molecular flexibility index (Phi) is 3.93. The topological polar surface area (TPSA) is 57.9 Å². The molecule has 1 heterocycles. The minimum Gasteiger partial charge on any atom is -0.497 e. The highest BCUT2D eigenvalue weighted by Gasteiger charge is 2.16. The molecule has 0 unspecified atom stereocenters. The molecule has 1 aromatic heterocycles. The summed E-state index contributed by atoms with van der Waals surface area (Å²) in [6.45, 7) is 0. The summed E-state index contributed by atoms with van der Waals surface area (Å²) in [5.74, 6) is 1.91. The van der Waals surface area contributed by atoms with Crippen molar-refractivity contribution in [3.63, 3.8) is 0 Å². The molecule has 118 valence electrons. The van der Waals surface area contributed by atoms with E-state index in [4.69, 9.17) is 18.6 Å². The molecule has 0 spiro atoms. The first-order valence-corrected chi connectivity index (χ1v) is 7.01. The van der Waals surface area contributed by atoms with E-state index in [0.29, 0.717) is 33.8 Å². The van der Waals surface area contributed by atoms with Crippen molar-refractivity contribution in [3.05, 3.63) is 52.9 Å². The van der Waals surface area contributed by atoms with Gasteiger partial charge in [0.25, 0.3) is 0 Å². The van der Waals surface area contributed by atoms with Gasteiger partial charge in [-0.25, -0.2) is 4.79 Å². The van der Waals surface area contributed by atoms with Crippen LogP contribution in [0.5, 0.6) is 17.2 Å². The van der Waals surface area contributed by atoms with Crippen LogP contribution in [0, 0.1) is 0 Å². The van der Waals surface area contributed by atoms with E-state index in [0.717, 1.165) is 5.56 Å². The van der Waals surface area contributed by atoms with Crippen LogP contribution in [0.1, 0.15) is 0 Å². The highest BCUT2D eigenvalue weighted by Crippen LogP contribution is 2.39. The second-order valence-corrected chi connectivity index (χ2v) is 4.88. The summed E-state index contributed by atoms with van der Waals surface area (Å²) in [5, 5.41) is 0.709. The molecule has 0 saturated carbocycles. The molecule has 0 fully saturated rings. The van der Waals surface area contributed by atoms with Crippen molar-refractivity contribution in [2.45, 2.75) is 0 Å². The van der Waals surface area contributed by atoms with Gasteiger partial charge in [-0.2, -0.15) is 0 Å². The lowest BCUT2D eigenvalue weighted by atomic mass is 10.00. The number of rotatable bonds is 4. The summed E-state index contributed by atoms with van der Waals surface area (Å²) in [5.41, 5.74) is 1.42. The summed E-state index contributed by atoms with van der Waals surface area (Å²) in [4.78, 5) is 12.0. The zero-order chi connectivity index (χ0) is 16.4. The summed E-state index contributed by atoms with van der Waals surface area (Å²) >= 11 is 0. The molecule has 0 radical (unpaired) electrons. The fraction of sp³-hybridized carbons (Fsp3) is 0.167. The number of methoxy groups -OCH3 is 3. The van der Waals surface area contributed by atoms with Crippen LogP contribution in [0.25, 0.3) is 22.1 Å². The minimum absolute atomic E-state index is 0.439. The minimum atomic E-state index is -0.439. The van der Waals surface area contributed by atoms with Crippen molar-refractivity contribution >= 4 is 11.0 Å². The highest BCUT2D eigenvalue weighted by molar-refractivity contribution is 5.99. The molecule has 0 atom stereocenters. The van der Waals surface area contributed by atoms with Gasteiger partial charge in [-0.05, 0) is 30.3 Å². The standard InChI is InChI=1S/C18H16O5/c1-20-11-7-8-14(21-2)12(9-11)13-10-17(19)23-16-6-4-5-15(22-3)18(13)16/h4-10H,1-3H3. The summed E-state index contributed by atoms with van der Waals surface area (Å²) in [6.07, 6.45) is 0. The molecule has 3 aromatic rings. The van der Waals surface area contributed by atoms with E-state index < -0.39 is 5.63 Å². The Morgan fingerprint density at radius 1 is 0.826 bits per heavy atom. The van der Waals surface area contributed by atoms with Gasteiger partial charge in [-0.15, -0.1) is 0 Å². The van der Waals surface area contributed by atoms with Crippen LogP contribution in [0.15, 0.2) is 51.7 Å². The monoisotopic (exact) mass is 312 g/mol. The Bertz CT molecular complexity index is 911. The molecule has 0 aliphatic rings. The maximum atomic E-state index is 12.0. The van der Waals surface area contributed by atoms with Gasteiger partial charge in [0.1, 0.15) is 22.8 Å². The van der Waals surface area contributed by atoms with E-state index in [-0.39, 0.29) is 0 Å². The van der Waals surface area contributed by atoms with Gasteiger partial charge in [0.15, 0.2) is 0 Å². The molecule has 0 bridgehead atoms. The van der Waals surface area contributed by atoms with Crippen molar-refractivity contribution in [2.24, 2.45) is 0 Å². The maximum Gasteiger partial charge on any atom is 0.336 e. The lowest BCUT2D eigenvalue weighted by Gasteiger charge is -2.13. The Morgan fingerprint density at radius 2 is 1.61 bits per heavy atom. The van der Waals surface area contributed by atoms with Crippen molar-refractivity contribution in [3.8, 4) is 28.4 Å². The van der Waals surface area contributed by atoms with E-state index in [1.165, 1.54) is 6.07 Å². The summed E-state index contributed by atoms with van der Waals surface area (Å²) < 4.78 is 21.4. The lowest BCUT2D eigenvalue weighted by Crippen LogP contribution is -2.00. The Morgan fingerprint density at radius 3 is 2.30 bits per heavy atom. The predicted octanol–water partition coefficient (Wildman–Crippen LogP) is 3.49. The fourth-order valence-corrected chi connectivity index (χ4v) is 2.60. The molecule has 2 aromatic carbocycles. The molecular weight excluding hydrogens is 296 g/mol. The number of hydrogen-bond acceptors (Lipinski definition) is 5. The summed E-state index contributed by atoms with van der Waals surface area (Å²) in [6, 6.07) is 12.2. The molecule has 5 nitrogen and oxygen atoms in total. The SMILES string of the molecule is COc1ccc(OC)c(-c2cc(=O)oc3cccc(OC)c23)c1. The van der Waals surface area contributed by atoms with Gasteiger partial charge in [0.05, 0.1) is 26.7 Å². The van der Waals surface area contributed by atoms with Crippen molar-refractivity contribution < 1.29 is 18.6 Å². The van der Waals surface area contributed by atoms with Gasteiger partial charge < -0.3 is 18.6 Å². The third-order valence-corrected chi connectivity index (χ3v) is 3.65. The second-order valence-electron chi connectivity index (χ2n) is 4.88. The quantitative estimate of drug-likeness (QED) is 0.690. The van der Waals surface area contributed by atoms with Crippen LogP contribution in [0.3, 0.4) is 0 Å². The van der Waals surface area contributed by atoms with E-state index in [1.54, 1.807) is 45.6 Å². The van der Waals surface area contributed by atoms with Gasteiger partial charge >= 0.3 is 5.63 Å². The molecule has 0 aliphatic carbocycles. The molecule has 0 N–H and O–H groups in total. The van der Waals surface area contributed by atoms with Crippen LogP contribution in [0.4, 0.5) is 0 Å². The second kappa shape index (κ2) is 6.04. The van der Waals surface area contributed by atoms with E-state index in [9.17, 15) is 4.79 Å². The first-order chi connectivity index (χ1) is 11.2. The number of ether oxygens (including phenoxy) is 3. The van der Waals surface area contributed by atoms with Gasteiger partial charge in [0.2, 0.25) is 0 Å². The van der Waals surface area contributed by atoms with Gasteiger partial charge in [-0.1, -0.05) is 6.07 Å². The van der Waals surface area contributed by atoms with Crippen LogP contribution in [0.2, 0.25) is 0 Å². The zero-order valence-corrected chi connectivity index (χ0v) is 13.1. The van der Waals surface area contributed by atoms with Crippen LogP contribution < -0.4 is 19.8 Å². The first-order valence-electron chi connectivity index (χ1n) is 7.01. The molecule has 5 heteroatoms. The first kappa shape index (κ1) is 15.0. The smallest absolute Gasteiger partial charge is 0.336 e. The van der Waals surface area contributed by atoms with Crippen LogP contribution in [-0.2, 0) is 0 Å². The van der Waals surface area contributed by atoms with Crippen molar-refractivity contribution in [2.75, 3.05) is 21.3 Å². The number of hydrogen-bond donors (Lipinski definition) is 0. The fourth-order valence-electron chi connectivity index (χ4n) is 2.60. The third-order valence-electron chi connectivity index (χ3n) is 3.65. The van der Waals surface area contributed by atoms with Crippen LogP contribution >= 0.6 is 0 Å². The average molecular weight is 312 g/mol.